The predicted octanol–water partition coefficient (Wildman–Crippen LogP) is 3.33. The maximum atomic E-state index is 12.8. The number of rotatable bonds is 2. The molecular formula is C11H15F. The van der Waals surface area contributed by atoms with Crippen molar-refractivity contribution in [1.82, 2.24) is 0 Å². The molecule has 0 atom stereocenters. The molecule has 0 amide bonds. The van der Waals surface area contributed by atoms with E-state index in [2.05, 4.69) is 13.8 Å². The number of benzene rings is 1. The monoisotopic (exact) mass is 166 g/mol. The molecule has 0 saturated heterocycles. The van der Waals surface area contributed by atoms with Crippen LogP contribution in [0.2, 0.25) is 0 Å². The molecule has 0 heterocycles. The van der Waals surface area contributed by atoms with E-state index in [0.29, 0.717) is 5.92 Å². The maximum Gasteiger partial charge on any atom is 0.123 e. The molecule has 0 fully saturated rings. The van der Waals surface area contributed by atoms with Crippen LogP contribution in [0.4, 0.5) is 4.39 Å². The van der Waals surface area contributed by atoms with Gasteiger partial charge < -0.3 is 0 Å². The van der Waals surface area contributed by atoms with E-state index in [-0.39, 0.29) is 5.82 Å². The third-order valence-electron chi connectivity index (χ3n) is 1.94. The summed E-state index contributed by atoms with van der Waals surface area (Å²) in [7, 11) is 0. The molecule has 1 aromatic carbocycles. The predicted molar refractivity (Wildman–Crippen MR) is 49.7 cm³/mol. The van der Waals surface area contributed by atoms with Gasteiger partial charge in [0.25, 0.3) is 0 Å². The Morgan fingerprint density at radius 2 is 2.00 bits per heavy atom. The zero-order chi connectivity index (χ0) is 9.14. The van der Waals surface area contributed by atoms with E-state index in [9.17, 15) is 4.39 Å². The Morgan fingerprint density at radius 1 is 1.33 bits per heavy atom. The van der Waals surface area contributed by atoms with Crippen LogP contribution in [-0.4, -0.2) is 0 Å². The number of hydrogen-bond acceptors (Lipinski definition) is 0. The highest BCUT2D eigenvalue weighted by Gasteiger charge is 2.02. The highest BCUT2D eigenvalue weighted by Crippen LogP contribution is 2.14. The number of halogens is 1. The van der Waals surface area contributed by atoms with Crippen molar-refractivity contribution in [3.8, 4) is 0 Å². The van der Waals surface area contributed by atoms with Crippen LogP contribution < -0.4 is 0 Å². The Hall–Kier alpha value is -0.850. The summed E-state index contributed by atoms with van der Waals surface area (Å²) in [5.74, 6) is 0.460. The van der Waals surface area contributed by atoms with Gasteiger partial charge in [-0.05, 0) is 42.5 Å². The second-order valence-corrected chi connectivity index (χ2v) is 3.67. The molecule has 0 bridgehead atoms. The van der Waals surface area contributed by atoms with Gasteiger partial charge in [-0.15, -0.1) is 0 Å². The summed E-state index contributed by atoms with van der Waals surface area (Å²) in [6, 6.07) is 4.99. The molecule has 0 aromatic heterocycles. The van der Waals surface area contributed by atoms with E-state index in [1.165, 1.54) is 11.6 Å². The second-order valence-electron chi connectivity index (χ2n) is 3.67. The van der Waals surface area contributed by atoms with Crippen LogP contribution in [0.1, 0.15) is 25.0 Å². The van der Waals surface area contributed by atoms with Crippen molar-refractivity contribution >= 4 is 0 Å². The lowest BCUT2D eigenvalue weighted by molar-refractivity contribution is 0.611. The summed E-state index contributed by atoms with van der Waals surface area (Å²) in [4.78, 5) is 0. The summed E-state index contributed by atoms with van der Waals surface area (Å²) >= 11 is 0. The fourth-order valence-corrected chi connectivity index (χ4v) is 1.30. The molecule has 1 rings (SSSR count). The lowest BCUT2D eigenvalue weighted by Crippen LogP contribution is -1.97. The van der Waals surface area contributed by atoms with E-state index in [1.54, 1.807) is 6.07 Å². The van der Waals surface area contributed by atoms with Crippen LogP contribution in [0.5, 0.6) is 0 Å². The summed E-state index contributed by atoms with van der Waals surface area (Å²) in [6.07, 6.45) is 0.962. The molecule has 0 spiro atoms. The van der Waals surface area contributed by atoms with E-state index < -0.39 is 0 Å². The van der Waals surface area contributed by atoms with Crippen LogP contribution in [-0.2, 0) is 6.42 Å². The normalized spacial score (nSPS) is 10.8. The van der Waals surface area contributed by atoms with Gasteiger partial charge in [-0.1, -0.05) is 19.9 Å². The molecular weight excluding hydrogens is 151 g/mol. The quantitative estimate of drug-likeness (QED) is 0.632. The molecule has 0 unspecified atom stereocenters. The van der Waals surface area contributed by atoms with Crippen molar-refractivity contribution in [1.29, 1.82) is 0 Å². The highest BCUT2D eigenvalue weighted by atomic mass is 19.1. The van der Waals surface area contributed by atoms with Crippen molar-refractivity contribution in [3.05, 3.63) is 35.1 Å². The van der Waals surface area contributed by atoms with Gasteiger partial charge in [-0.3, -0.25) is 0 Å². The van der Waals surface area contributed by atoms with Crippen molar-refractivity contribution in [2.45, 2.75) is 27.2 Å². The van der Waals surface area contributed by atoms with E-state index in [4.69, 9.17) is 0 Å². The minimum atomic E-state index is -0.128. The fraction of sp³-hybridized carbons (Fsp3) is 0.455. The van der Waals surface area contributed by atoms with Crippen LogP contribution in [0.3, 0.4) is 0 Å². The van der Waals surface area contributed by atoms with Crippen molar-refractivity contribution in [2.24, 2.45) is 5.92 Å². The Kier molecular flexibility index (Phi) is 2.85. The van der Waals surface area contributed by atoms with Gasteiger partial charge in [0, 0.05) is 0 Å². The second kappa shape index (κ2) is 3.70. The van der Waals surface area contributed by atoms with Crippen molar-refractivity contribution in [3.63, 3.8) is 0 Å². The van der Waals surface area contributed by atoms with Crippen molar-refractivity contribution < 1.29 is 4.39 Å². The van der Waals surface area contributed by atoms with Crippen LogP contribution in [0.15, 0.2) is 18.2 Å². The Labute approximate surface area is 73.4 Å². The molecule has 0 radical (unpaired) electrons. The standard InChI is InChI=1S/C11H15F/c1-8(2)6-10-7-11(12)5-4-9(10)3/h4-5,7-8H,6H2,1-3H3. The van der Waals surface area contributed by atoms with Gasteiger partial charge in [0.05, 0.1) is 0 Å². The molecule has 0 saturated carbocycles. The summed E-state index contributed by atoms with van der Waals surface area (Å²) < 4.78 is 12.8. The average molecular weight is 166 g/mol. The third kappa shape index (κ3) is 2.33. The lowest BCUT2D eigenvalue weighted by atomic mass is 9.99. The van der Waals surface area contributed by atoms with Gasteiger partial charge in [-0.2, -0.15) is 0 Å². The summed E-state index contributed by atoms with van der Waals surface area (Å²) in [6.45, 7) is 6.31. The molecule has 12 heavy (non-hydrogen) atoms. The van der Waals surface area contributed by atoms with Gasteiger partial charge in [0.1, 0.15) is 5.82 Å². The molecule has 0 aliphatic rings. The first-order valence-electron chi connectivity index (χ1n) is 4.34. The molecule has 0 nitrogen and oxygen atoms in total. The zero-order valence-electron chi connectivity index (χ0n) is 7.89. The van der Waals surface area contributed by atoms with Crippen LogP contribution in [0.25, 0.3) is 0 Å². The maximum absolute atomic E-state index is 12.8. The Balaban J connectivity index is 2.90. The Morgan fingerprint density at radius 3 is 2.58 bits per heavy atom. The van der Waals surface area contributed by atoms with E-state index in [1.807, 2.05) is 13.0 Å². The van der Waals surface area contributed by atoms with Crippen LogP contribution >= 0.6 is 0 Å². The Bertz CT molecular complexity index is 264. The molecule has 1 heteroatoms. The van der Waals surface area contributed by atoms with E-state index >= 15 is 0 Å². The third-order valence-corrected chi connectivity index (χ3v) is 1.94. The first-order chi connectivity index (χ1) is 5.59. The lowest BCUT2D eigenvalue weighted by Gasteiger charge is -2.07. The number of aryl methyl sites for hydroxylation is 1. The van der Waals surface area contributed by atoms with Crippen LogP contribution in [0, 0.1) is 18.7 Å². The zero-order valence-corrected chi connectivity index (χ0v) is 7.89. The van der Waals surface area contributed by atoms with Crippen molar-refractivity contribution in [2.75, 3.05) is 0 Å². The largest absolute Gasteiger partial charge is 0.207 e. The SMILES string of the molecule is Cc1ccc(F)cc1CC(C)C. The molecule has 0 aliphatic carbocycles. The molecule has 1 aromatic rings. The number of hydrogen-bond donors (Lipinski definition) is 0. The first-order valence-corrected chi connectivity index (χ1v) is 4.34. The minimum absolute atomic E-state index is 0.128. The summed E-state index contributed by atoms with van der Waals surface area (Å²) in [5.41, 5.74) is 2.31. The smallest absolute Gasteiger partial charge is 0.123 e. The van der Waals surface area contributed by atoms with Gasteiger partial charge in [0.15, 0.2) is 0 Å². The minimum Gasteiger partial charge on any atom is -0.207 e. The molecule has 66 valence electrons. The summed E-state index contributed by atoms with van der Waals surface area (Å²) in [5, 5.41) is 0. The van der Waals surface area contributed by atoms with E-state index in [0.717, 1.165) is 12.0 Å². The van der Waals surface area contributed by atoms with Gasteiger partial charge >= 0.3 is 0 Å². The topological polar surface area (TPSA) is 0 Å². The highest BCUT2D eigenvalue weighted by molar-refractivity contribution is 5.26. The first kappa shape index (κ1) is 9.24. The molecule has 0 aliphatic heterocycles. The molecule has 0 N–H and O–H groups in total. The fourth-order valence-electron chi connectivity index (χ4n) is 1.30. The van der Waals surface area contributed by atoms with Gasteiger partial charge in [0.2, 0.25) is 0 Å². The average Bonchev–Trinajstić information content (AvgIpc) is 1.96. The van der Waals surface area contributed by atoms with Gasteiger partial charge in [-0.25, -0.2) is 4.39 Å².